The second-order valence-corrected chi connectivity index (χ2v) is 18.2. The molecule has 62 heavy (non-hydrogen) atoms. The van der Waals surface area contributed by atoms with Crippen LogP contribution >= 0.6 is 0 Å². The van der Waals surface area contributed by atoms with E-state index in [9.17, 15) is 9.59 Å². The number of nitrogens with zero attached hydrogens (tertiary/aromatic N) is 2. The van der Waals surface area contributed by atoms with Gasteiger partial charge in [-0.25, -0.2) is 0 Å². The summed E-state index contributed by atoms with van der Waals surface area (Å²) in [5.41, 5.74) is 8.42. The van der Waals surface area contributed by atoms with Crippen LogP contribution in [0.15, 0.2) is 97.1 Å². The van der Waals surface area contributed by atoms with Crippen molar-refractivity contribution in [3.63, 3.8) is 0 Å². The molecule has 0 aromatic heterocycles. The van der Waals surface area contributed by atoms with Crippen LogP contribution in [-0.2, 0) is 37.1 Å². The highest BCUT2D eigenvalue weighted by molar-refractivity contribution is 6.11. The van der Waals surface area contributed by atoms with E-state index in [1.165, 1.54) is 11.1 Å². The van der Waals surface area contributed by atoms with Crippen LogP contribution in [0.1, 0.15) is 101 Å². The number of fused-ring (bicyclic) bond motifs is 11. The van der Waals surface area contributed by atoms with Crippen molar-refractivity contribution in [2.45, 2.75) is 96.2 Å². The Hall–Kier alpha value is -5.84. The van der Waals surface area contributed by atoms with Gasteiger partial charge in [-0.05, 0) is 108 Å². The van der Waals surface area contributed by atoms with Crippen molar-refractivity contribution in [3.8, 4) is 23.0 Å². The van der Waals surface area contributed by atoms with Crippen LogP contribution < -0.4 is 39.4 Å². The number of methoxy groups -OCH3 is 2. The standard InChI is InChI=1S/C52H56N4O6/c1-7-20-51(4)39-26-45(43(59-5)24-37(39)48(57)55-36(28-53-51)22-34-16-9-11-18-41(34)55)61-29-32-14-13-15-33(21-32)30-62-46-27-40-38(25-44(46)60-6)49(58)56-42-19-12-10-17-35(42)23-47(56)50(3)31-54-52(40,50)8-2/h9-19,21,24-27,36,47,53-54H,7-8,20,22-23,28-31H2,1-6H3/t36-,47-,50-,51+,52+/m0/s1. The van der Waals surface area contributed by atoms with E-state index < -0.39 is 11.1 Å². The maximum absolute atomic E-state index is 14.6. The van der Waals surface area contributed by atoms with Gasteiger partial charge in [-0.2, -0.15) is 0 Å². The van der Waals surface area contributed by atoms with E-state index in [2.05, 4.69) is 68.7 Å². The summed E-state index contributed by atoms with van der Waals surface area (Å²) in [7, 11) is 3.25. The zero-order valence-electron chi connectivity index (χ0n) is 36.6. The van der Waals surface area contributed by atoms with Crippen molar-refractivity contribution in [3.05, 3.63) is 142 Å². The molecule has 5 heterocycles. The minimum Gasteiger partial charge on any atom is -0.493 e. The lowest BCUT2D eigenvalue weighted by molar-refractivity contribution is -0.0290. The third-order valence-electron chi connectivity index (χ3n) is 14.9. The van der Waals surface area contributed by atoms with E-state index in [1.807, 2.05) is 76.5 Å². The van der Waals surface area contributed by atoms with Gasteiger partial charge in [0.1, 0.15) is 13.2 Å². The van der Waals surface area contributed by atoms with Gasteiger partial charge < -0.3 is 39.4 Å². The van der Waals surface area contributed by atoms with E-state index in [0.29, 0.717) is 40.7 Å². The second-order valence-electron chi connectivity index (χ2n) is 18.2. The number of amides is 2. The number of rotatable bonds is 11. The minimum atomic E-state index is -0.446. The van der Waals surface area contributed by atoms with Crippen LogP contribution in [0.2, 0.25) is 0 Å². The zero-order valence-corrected chi connectivity index (χ0v) is 36.6. The van der Waals surface area contributed by atoms with Crippen molar-refractivity contribution in [1.82, 2.24) is 10.6 Å². The molecule has 0 spiro atoms. The topological polar surface area (TPSA) is 102 Å². The van der Waals surface area contributed by atoms with E-state index >= 15 is 0 Å². The number of ether oxygens (including phenoxy) is 4. The number of nitrogens with one attached hydrogen (secondary N) is 2. The number of hydrogen-bond acceptors (Lipinski definition) is 8. The van der Waals surface area contributed by atoms with Gasteiger partial charge in [0.15, 0.2) is 23.0 Å². The Kier molecular flexibility index (Phi) is 9.87. The summed E-state index contributed by atoms with van der Waals surface area (Å²) in [5, 5.41) is 7.69. The fraction of sp³-hybridized carbons (Fsp3) is 0.385. The molecule has 320 valence electrons. The van der Waals surface area contributed by atoms with Gasteiger partial charge in [-0.1, -0.05) is 81.8 Å². The molecule has 0 bridgehead atoms. The average molecular weight is 833 g/mol. The summed E-state index contributed by atoms with van der Waals surface area (Å²) in [6.07, 6.45) is 4.28. The summed E-state index contributed by atoms with van der Waals surface area (Å²) in [5.74, 6) is 2.21. The van der Waals surface area contributed by atoms with Gasteiger partial charge in [0, 0.05) is 46.5 Å². The highest BCUT2D eigenvalue weighted by Crippen LogP contribution is 2.59. The molecule has 0 aliphatic carbocycles. The fourth-order valence-corrected chi connectivity index (χ4v) is 11.5. The van der Waals surface area contributed by atoms with E-state index in [-0.39, 0.29) is 42.5 Å². The SMILES string of the molecule is CCC[C@@]1(C)NC[C@@H]2Cc3ccccc3N2C(=O)c2cc(OC)c(OCc3cccc(COc4cc5c(cc4OC)C(=O)N4c6ccccc6C[C@H]4[C@]4(C)CN[C@]54CC)c3)cc21. The summed E-state index contributed by atoms with van der Waals surface area (Å²) >= 11 is 0. The van der Waals surface area contributed by atoms with Crippen LogP contribution in [-0.4, -0.2) is 51.2 Å². The Bertz CT molecular complexity index is 2610. The number of carbonyl (C=O) groups excluding carboxylic acids is 2. The van der Waals surface area contributed by atoms with Crippen LogP contribution in [0.4, 0.5) is 11.4 Å². The lowest BCUT2D eigenvalue weighted by Crippen LogP contribution is -2.74. The summed E-state index contributed by atoms with van der Waals surface area (Å²) in [6.45, 7) is 11.0. The van der Waals surface area contributed by atoms with Gasteiger partial charge in [0.2, 0.25) is 0 Å². The smallest absolute Gasteiger partial charge is 0.259 e. The molecule has 2 amide bonds. The van der Waals surface area contributed by atoms with E-state index in [4.69, 9.17) is 18.9 Å². The third kappa shape index (κ3) is 6.04. The molecule has 10 nitrogen and oxygen atoms in total. The van der Waals surface area contributed by atoms with E-state index in [0.717, 1.165) is 72.3 Å². The van der Waals surface area contributed by atoms with Gasteiger partial charge in [-0.15, -0.1) is 0 Å². The molecule has 10 rings (SSSR count). The summed E-state index contributed by atoms with van der Waals surface area (Å²) in [4.78, 5) is 33.2. The molecule has 10 heteroatoms. The summed E-state index contributed by atoms with van der Waals surface area (Å²) < 4.78 is 25.0. The van der Waals surface area contributed by atoms with Crippen LogP contribution in [0.3, 0.4) is 0 Å². The molecule has 5 aliphatic rings. The average Bonchev–Trinajstić information content (AvgIpc) is 3.86. The van der Waals surface area contributed by atoms with Crippen LogP contribution in [0, 0.1) is 5.41 Å². The quantitative estimate of drug-likeness (QED) is 0.136. The number of anilines is 2. The monoisotopic (exact) mass is 832 g/mol. The Morgan fingerprint density at radius 2 is 1.24 bits per heavy atom. The van der Waals surface area contributed by atoms with Gasteiger partial charge in [0.05, 0.1) is 31.8 Å². The number of para-hydroxylation sites is 2. The highest BCUT2D eigenvalue weighted by atomic mass is 16.5. The number of benzene rings is 5. The largest absolute Gasteiger partial charge is 0.493 e. The first-order valence-corrected chi connectivity index (χ1v) is 22.2. The molecule has 0 radical (unpaired) electrons. The highest BCUT2D eigenvalue weighted by Gasteiger charge is 2.65. The minimum absolute atomic E-state index is 0.00298. The molecule has 5 aromatic carbocycles. The molecule has 5 aliphatic heterocycles. The molecular formula is C52H56N4O6. The van der Waals surface area contributed by atoms with Crippen molar-refractivity contribution in [2.24, 2.45) is 5.41 Å². The van der Waals surface area contributed by atoms with Gasteiger partial charge >= 0.3 is 0 Å². The van der Waals surface area contributed by atoms with Crippen molar-refractivity contribution < 1.29 is 28.5 Å². The molecule has 5 atom stereocenters. The first kappa shape index (κ1) is 40.2. The molecule has 1 fully saturated rings. The molecule has 5 aromatic rings. The Balaban J connectivity index is 0.915. The maximum Gasteiger partial charge on any atom is 0.259 e. The van der Waals surface area contributed by atoms with Gasteiger partial charge in [-0.3, -0.25) is 9.59 Å². The lowest BCUT2D eigenvalue weighted by Gasteiger charge is -2.61. The number of hydrogen-bond donors (Lipinski definition) is 2. The molecule has 2 N–H and O–H groups in total. The zero-order chi connectivity index (χ0) is 43.0. The van der Waals surface area contributed by atoms with Crippen molar-refractivity contribution in [1.29, 1.82) is 0 Å². The normalized spacial score (nSPS) is 25.4. The summed E-state index contributed by atoms with van der Waals surface area (Å²) in [6, 6.07) is 32.5. The van der Waals surface area contributed by atoms with E-state index in [1.54, 1.807) is 14.2 Å². The molecule has 0 saturated carbocycles. The van der Waals surface area contributed by atoms with Crippen molar-refractivity contribution in [2.75, 3.05) is 37.1 Å². The van der Waals surface area contributed by atoms with Gasteiger partial charge in [0.25, 0.3) is 11.8 Å². The number of carbonyl (C=O) groups is 2. The second kappa shape index (κ2) is 15.2. The first-order chi connectivity index (χ1) is 30.1. The maximum atomic E-state index is 14.6. The Labute approximate surface area is 364 Å². The van der Waals surface area contributed by atoms with Crippen LogP contribution in [0.25, 0.3) is 0 Å². The lowest BCUT2D eigenvalue weighted by atomic mass is 9.55. The third-order valence-corrected chi connectivity index (χ3v) is 14.9. The molecule has 1 saturated heterocycles. The molecule has 0 unspecified atom stereocenters. The predicted octanol–water partition coefficient (Wildman–Crippen LogP) is 8.85. The molecular weight excluding hydrogens is 777 g/mol. The fourth-order valence-electron chi connectivity index (χ4n) is 11.5. The predicted molar refractivity (Wildman–Crippen MR) is 241 cm³/mol. The first-order valence-electron chi connectivity index (χ1n) is 22.2. The van der Waals surface area contributed by atoms with Crippen LogP contribution in [0.5, 0.6) is 23.0 Å². The Morgan fingerprint density at radius 1 is 0.661 bits per heavy atom. The van der Waals surface area contributed by atoms with Crippen molar-refractivity contribution >= 4 is 23.2 Å². The Morgan fingerprint density at radius 3 is 1.84 bits per heavy atom.